The minimum Gasteiger partial charge on any atom is -0.484 e. The summed E-state index contributed by atoms with van der Waals surface area (Å²) in [7, 11) is 0. The maximum absolute atomic E-state index is 12.5. The fraction of sp³-hybridized carbons (Fsp3) is 0.556. The van der Waals surface area contributed by atoms with E-state index in [0.717, 1.165) is 19.4 Å². The molecule has 0 radical (unpaired) electrons. The van der Waals surface area contributed by atoms with Gasteiger partial charge >= 0.3 is 0 Å². The van der Waals surface area contributed by atoms with Gasteiger partial charge < -0.3 is 9.64 Å². The van der Waals surface area contributed by atoms with Crippen molar-refractivity contribution < 1.29 is 9.53 Å². The van der Waals surface area contributed by atoms with Crippen LogP contribution >= 0.6 is 0 Å². The molecule has 1 aliphatic heterocycles. The van der Waals surface area contributed by atoms with Crippen molar-refractivity contribution in [3.05, 3.63) is 29.8 Å². The maximum Gasteiger partial charge on any atom is 0.260 e. The van der Waals surface area contributed by atoms with Gasteiger partial charge in [-0.15, -0.1) is 0 Å². The Kier molecular flexibility index (Phi) is 4.62. The van der Waals surface area contributed by atoms with E-state index in [2.05, 4.69) is 6.07 Å². The Labute approximate surface area is 131 Å². The number of likely N-dealkylation sites (tertiary alicyclic amines) is 1. The van der Waals surface area contributed by atoms with Crippen LogP contribution in [0.25, 0.3) is 0 Å². The van der Waals surface area contributed by atoms with Gasteiger partial charge in [-0.3, -0.25) is 4.79 Å². The van der Waals surface area contributed by atoms with E-state index in [-0.39, 0.29) is 12.5 Å². The van der Waals surface area contributed by atoms with Crippen LogP contribution in [-0.4, -0.2) is 30.0 Å². The van der Waals surface area contributed by atoms with Crippen molar-refractivity contribution in [3.8, 4) is 11.8 Å². The van der Waals surface area contributed by atoms with Gasteiger partial charge in [0.15, 0.2) is 6.61 Å². The molecule has 1 saturated carbocycles. The van der Waals surface area contributed by atoms with Gasteiger partial charge in [0, 0.05) is 12.6 Å². The van der Waals surface area contributed by atoms with Crippen LogP contribution in [0.1, 0.15) is 44.1 Å². The summed E-state index contributed by atoms with van der Waals surface area (Å²) in [6.07, 6.45) is 7.31. The van der Waals surface area contributed by atoms with E-state index >= 15 is 0 Å². The maximum atomic E-state index is 12.5. The van der Waals surface area contributed by atoms with E-state index < -0.39 is 0 Å². The Morgan fingerprint density at radius 3 is 2.95 bits per heavy atom. The fourth-order valence-corrected chi connectivity index (χ4v) is 3.82. The molecule has 2 fully saturated rings. The zero-order chi connectivity index (χ0) is 15.4. The van der Waals surface area contributed by atoms with Crippen molar-refractivity contribution in [2.75, 3.05) is 13.2 Å². The molecule has 4 heteroatoms. The smallest absolute Gasteiger partial charge is 0.260 e. The zero-order valence-electron chi connectivity index (χ0n) is 12.8. The van der Waals surface area contributed by atoms with E-state index in [1.807, 2.05) is 4.90 Å². The third kappa shape index (κ3) is 3.24. The highest BCUT2D eigenvalue weighted by molar-refractivity contribution is 5.78. The van der Waals surface area contributed by atoms with E-state index in [1.165, 1.54) is 25.7 Å². The average Bonchev–Trinajstić information content (AvgIpc) is 2.59. The lowest BCUT2D eigenvalue weighted by molar-refractivity contribution is -0.139. The third-order valence-corrected chi connectivity index (χ3v) is 4.89. The Balaban J connectivity index is 1.60. The highest BCUT2D eigenvalue weighted by Crippen LogP contribution is 2.35. The van der Waals surface area contributed by atoms with Gasteiger partial charge in [0.25, 0.3) is 5.91 Å². The molecule has 22 heavy (non-hydrogen) atoms. The van der Waals surface area contributed by atoms with Gasteiger partial charge in [0.2, 0.25) is 0 Å². The molecule has 0 spiro atoms. The molecule has 3 rings (SSSR count). The number of hydrogen-bond acceptors (Lipinski definition) is 3. The fourth-order valence-electron chi connectivity index (χ4n) is 3.82. The lowest BCUT2D eigenvalue weighted by Crippen LogP contribution is -2.51. The Morgan fingerprint density at radius 1 is 1.27 bits per heavy atom. The van der Waals surface area contributed by atoms with Crippen molar-refractivity contribution >= 4 is 5.91 Å². The normalized spacial score (nSPS) is 24.2. The number of nitrogens with zero attached hydrogens (tertiary/aromatic N) is 2. The number of carbonyl (C=O) groups excluding carboxylic acids is 1. The molecular weight excluding hydrogens is 276 g/mol. The Hall–Kier alpha value is -2.02. The van der Waals surface area contributed by atoms with Gasteiger partial charge in [-0.1, -0.05) is 18.9 Å². The van der Waals surface area contributed by atoms with Crippen LogP contribution in [0.4, 0.5) is 0 Å². The van der Waals surface area contributed by atoms with Crippen LogP contribution in [0.2, 0.25) is 0 Å². The van der Waals surface area contributed by atoms with Crippen LogP contribution in [0.3, 0.4) is 0 Å². The largest absolute Gasteiger partial charge is 0.484 e. The topological polar surface area (TPSA) is 53.3 Å². The quantitative estimate of drug-likeness (QED) is 0.861. The first-order valence-corrected chi connectivity index (χ1v) is 8.20. The van der Waals surface area contributed by atoms with Crippen LogP contribution in [0, 0.1) is 17.2 Å². The van der Waals surface area contributed by atoms with Crippen molar-refractivity contribution in [1.82, 2.24) is 4.90 Å². The van der Waals surface area contributed by atoms with E-state index in [4.69, 9.17) is 10.00 Å². The van der Waals surface area contributed by atoms with Gasteiger partial charge in [0.1, 0.15) is 5.75 Å². The van der Waals surface area contributed by atoms with Crippen LogP contribution < -0.4 is 4.74 Å². The van der Waals surface area contributed by atoms with E-state index in [9.17, 15) is 4.79 Å². The van der Waals surface area contributed by atoms with Gasteiger partial charge in [-0.2, -0.15) is 5.26 Å². The summed E-state index contributed by atoms with van der Waals surface area (Å²) >= 11 is 0. The van der Waals surface area contributed by atoms with Gasteiger partial charge in [-0.25, -0.2) is 0 Å². The number of benzene rings is 1. The van der Waals surface area contributed by atoms with Crippen LogP contribution in [0.15, 0.2) is 24.3 Å². The molecule has 0 N–H and O–H groups in total. The number of amides is 1. The molecule has 116 valence electrons. The molecule has 0 bridgehead atoms. The van der Waals surface area contributed by atoms with Gasteiger partial charge in [-0.05, 0) is 49.8 Å². The number of hydrogen-bond donors (Lipinski definition) is 0. The lowest BCUT2D eigenvalue weighted by Gasteiger charge is -2.44. The number of fused-ring (bicyclic) bond motifs is 1. The summed E-state index contributed by atoms with van der Waals surface area (Å²) in [5.74, 6) is 1.36. The number of piperidine rings is 1. The molecule has 2 aliphatic rings. The highest BCUT2D eigenvalue weighted by Gasteiger charge is 2.35. The second-order valence-corrected chi connectivity index (χ2v) is 6.27. The van der Waals surface area contributed by atoms with Crippen LogP contribution in [0.5, 0.6) is 5.75 Å². The molecular formula is C18H22N2O2. The third-order valence-electron chi connectivity index (χ3n) is 4.89. The summed E-state index contributed by atoms with van der Waals surface area (Å²) in [5.41, 5.74) is 0.551. The molecule has 1 saturated heterocycles. The van der Waals surface area contributed by atoms with E-state index in [1.54, 1.807) is 24.3 Å². The highest BCUT2D eigenvalue weighted by atomic mass is 16.5. The number of rotatable bonds is 3. The Morgan fingerprint density at radius 2 is 2.09 bits per heavy atom. The zero-order valence-corrected chi connectivity index (χ0v) is 12.8. The molecule has 2 atom stereocenters. The van der Waals surface area contributed by atoms with Crippen molar-refractivity contribution in [2.24, 2.45) is 5.92 Å². The summed E-state index contributed by atoms with van der Waals surface area (Å²) in [6, 6.07) is 9.46. The van der Waals surface area contributed by atoms with Crippen molar-refractivity contribution in [1.29, 1.82) is 5.26 Å². The summed E-state index contributed by atoms with van der Waals surface area (Å²) in [5, 5.41) is 8.89. The molecule has 4 nitrogen and oxygen atoms in total. The number of carbonyl (C=O) groups is 1. The SMILES string of the molecule is N#Cc1cccc(OCC(=O)N2CCCC3CCCCC32)c1. The first kappa shape index (κ1) is 14.9. The predicted octanol–water partition coefficient (Wildman–Crippen LogP) is 3.12. The first-order valence-electron chi connectivity index (χ1n) is 8.20. The molecule has 2 unspecified atom stereocenters. The summed E-state index contributed by atoms with van der Waals surface area (Å²) in [6.45, 7) is 0.930. The Bertz CT molecular complexity index is 577. The minimum atomic E-state index is 0.0676. The van der Waals surface area contributed by atoms with Crippen LogP contribution in [-0.2, 0) is 4.79 Å². The second kappa shape index (κ2) is 6.83. The minimum absolute atomic E-state index is 0.0676. The standard InChI is InChI=1S/C18H22N2O2/c19-12-14-5-3-8-16(11-14)22-13-18(21)20-10-4-7-15-6-1-2-9-17(15)20/h3,5,8,11,15,17H,1-2,4,6-7,9-10,13H2. The van der Waals surface area contributed by atoms with E-state index in [0.29, 0.717) is 23.3 Å². The van der Waals surface area contributed by atoms with Crippen molar-refractivity contribution in [3.63, 3.8) is 0 Å². The molecule has 0 aromatic heterocycles. The molecule has 1 aromatic carbocycles. The summed E-state index contributed by atoms with van der Waals surface area (Å²) in [4.78, 5) is 14.6. The summed E-state index contributed by atoms with van der Waals surface area (Å²) < 4.78 is 5.60. The average molecular weight is 298 g/mol. The second-order valence-electron chi connectivity index (χ2n) is 6.27. The monoisotopic (exact) mass is 298 g/mol. The molecule has 1 aliphatic carbocycles. The van der Waals surface area contributed by atoms with Crippen molar-refractivity contribution in [2.45, 2.75) is 44.6 Å². The molecule has 1 heterocycles. The predicted molar refractivity (Wildman–Crippen MR) is 83.3 cm³/mol. The molecule has 1 aromatic rings. The first-order chi connectivity index (χ1) is 10.8. The lowest BCUT2D eigenvalue weighted by atomic mass is 9.78. The number of nitriles is 1. The van der Waals surface area contributed by atoms with Gasteiger partial charge in [0.05, 0.1) is 11.6 Å². The number of ether oxygens (including phenoxy) is 1. The molecule has 1 amide bonds.